The van der Waals surface area contributed by atoms with Gasteiger partial charge in [-0.25, -0.2) is 8.42 Å². The molecule has 3 aromatic carbocycles. The summed E-state index contributed by atoms with van der Waals surface area (Å²) in [5.41, 5.74) is 3.07. The van der Waals surface area contributed by atoms with Gasteiger partial charge in [-0.3, -0.25) is 9.21 Å². The van der Waals surface area contributed by atoms with Crippen LogP contribution in [0, 0.1) is 6.92 Å². The third-order valence-corrected chi connectivity index (χ3v) is 7.94. The molecule has 0 aromatic heterocycles. The van der Waals surface area contributed by atoms with Crippen LogP contribution in [0.15, 0.2) is 83.8 Å². The van der Waals surface area contributed by atoms with E-state index >= 15 is 0 Å². The lowest BCUT2D eigenvalue weighted by Crippen LogP contribution is -2.47. The lowest BCUT2D eigenvalue weighted by molar-refractivity contribution is 0.206. The smallest absolute Gasteiger partial charge is 0.264 e. The van der Waals surface area contributed by atoms with Crippen LogP contribution in [0.1, 0.15) is 24.0 Å². The molecular weight excluding hydrogens is 420 g/mol. The average molecular weight is 451 g/mol. The van der Waals surface area contributed by atoms with Gasteiger partial charge in [-0.1, -0.05) is 48.0 Å². The predicted octanol–water partition coefficient (Wildman–Crippen LogP) is 4.86. The second-order valence-electron chi connectivity index (χ2n) is 8.30. The van der Waals surface area contributed by atoms with Crippen molar-refractivity contribution in [2.75, 3.05) is 24.5 Å². The minimum atomic E-state index is -3.65. The highest BCUT2D eigenvalue weighted by Crippen LogP contribution is 2.31. The summed E-state index contributed by atoms with van der Waals surface area (Å²) in [6.45, 7) is 4.57. The summed E-state index contributed by atoms with van der Waals surface area (Å²) in [5, 5.41) is 0. The molecule has 1 aliphatic heterocycles. The number of ether oxygens (including phenoxy) is 1. The van der Waals surface area contributed by atoms with E-state index in [1.165, 1.54) is 5.56 Å². The highest BCUT2D eigenvalue weighted by Gasteiger charge is 2.34. The van der Waals surface area contributed by atoms with Gasteiger partial charge in [-0.15, -0.1) is 0 Å². The molecule has 1 heterocycles. The number of likely N-dealkylation sites (tertiary alicyclic amines) is 1. The summed E-state index contributed by atoms with van der Waals surface area (Å²) < 4.78 is 34.2. The molecule has 6 heteroatoms. The Hall–Kier alpha value is -2.83. The summed E-state index contributed by atoms with van der Waals surface area (Å²) in [6, 6.07) is 24.6. The number of methoxy groups -OCH3 is 1. The Labute approximate surface area is 191 Å². The SMILES string of the molecule is COc1ccc(CN2CCC(N(c3ccc(C)cc3)S(=O)(=O)c3ccccc3)CC2)cc1. The van der Waals surface area contributed by atoms with E-state index in [0.717, 1.165) is 49.5 Å². The first kappa shape index (κ1) is 22.4. The lowest BCUT2D eigenvalue weighted by atomic mass is 10.0. The summed E-state index contributed by atoms with van der Waals surface area (Å²) in [6.07, 6.45) is 1.58. The molecule has 0 aliphatic carbocycles. The Morgan fingerprint density at radius 1 is 0.906 bits per heavy atom. The summed E-state index contributed by atoms with van der Waals surface area (Å²) in [4.78, 5) is 2.72. The van der Waals surface area contributed by atoms with Crippen molar-refractivity contribution >= 4 is 15.7 Å². The maximum absolute atomic E-state index is 13.7. The zero-order valence-corrected chi connectivity index (χ0v) is 19.5. The monoisotopic (exact) mass is 450 g/mol. The minimum absolute atomic E-state index is 0.0740. The van der Waals surface area contributed by atoms with Gasteiger partial charge < -0.3 is 4.74 Å². The first-order valence-corrected chi connectivity index (χ1v) is 12.4. The lowest BCUT2D eigenvalue weighted by Gasteiger charge is -2.39. The Bertz CT molecular complexity index is 1110. The molecule has 0 atom stereocenters. The second-order valence-corrected chi connectivity index (χ2v) is 10.1. The molecule has 1 fully saturated rings. The Morgan fingerprint density at radius 3 is 2.12 bits per heavy atom. The fourth-order valence-corrected chi connectivity index (χ4v) is 5.98. The van der Waals surface area contributed by atoms with E-state index < -0.39 is 10.0 Å². The van der Waals surface area contributed by atoms with Crippen LogP contribution in [-0.4, -0.2) is 39.6 Å². The molecule has 0 spiro atoms. The van der Waals surface area contributed by atoms with Crippen molar-refractivity contribution in [3.8, 4) is 5.75 Å². The second kappa shape index (κ2) is 9.76. The van der Waals surface area contributed by atoms with E-state index in [2.05, 4.69) is 17.0 Å². The Kier molecular flexibility index (Phi) is 6.82. The zero-order chi connectivity index (χ0) is 22.6. The average Bonchev–Trinajstić information content (AvgIpc) is 2.82. The van der Waals surface area contributed by atoms with Crippen LogP contribution < -0.4 is 9.04 Å². The predicted molar refractivity (Wildman–Crippen MR) is 129 cm³/mol. The van der Waals surface area contributed by atoms with Crippen LogP contribution in [-0.2, 0) is 16.6 Å². The van der Waals surface area contributed by atoms with Crippen LogP contribution in [0.3, 0.4) is 0 Å². The molecule has 3 aromatic rings. The largest absolute Gasteiger partial charge is 0.497 e. The van der Waals surface area contributed by atoms with Crippen LogP contribution in [0.2, 0.25) is 0 Å². The van der Waals surface area contributed by atoms with Crippen LogP contribution in [0.25, 0.3) is 0 Å². The summed E-state index contributed by atoms with van der Waals surface area (Å²) in [5.74, 6) is 0.854. The normalized spacial score (nSPS) is 15.4. The Balaban J connectivity index is 1.53. The molecule has 0 N–H and O–H groups in total. The van der Waals surface area contributed by atoms with E-state index in [4.69, 9.17) is 4.74 Å². The molecular formula is C26H30N2O3S. The van der Waals surface area contributed by atoms with Gasteiger partial charge in [-0.2, -0.15) is 0 Å². The van der Waals surface area contributed by atoms with E-state index in [-0.39, 0.29) is 6.04 Å². The van der Waals surface area contributed by atoms with Crippen molar-refractivity contribution in [3.63, 3.8) is 0 Å². The van der Waals surface area contributed by atoms with Crippen molar-refractivity contribution in [2.45, 2.75) is 37.2 Å². The molecule has 32 heavy (non-hydrogen) atoms. The first-order chi connectivity index (χ1) is 15.5. The molecule has 4 rings (SSSR count). The molecule has 0 bridgehead atoms. The topological polar surface area (TPSA) is 49.9 Å². The number of anilines is 1. The number of piperidine rings is 1. The van der Waals surface area contributed by atoms with Crippen molar-refractivity contribution in [2.24, 2.45) is 0 Å². The number of aryl methyl sites for hydroxylation is 1. The number of sulfonamides is 1. The van der Waals surface area contributed by atoms with Gasteiger partial charge in [0.25, 0.3) is 10.0 Å². The zero-order valence-electron chi connectivity index (χ0n) is 18.6. The van der Waals surface area contributed by atoms with E-state index in [0.29, 0.717) is 4.90 Å². The van der Waals surface area contributed by atoms with Crippen molar-refractivity contribution in [3.05, 3.63) is 90.0 Å². The van der Waals surface area contributed by atoms with Crippen LogP contribution in [0.5, 0.6) is 5.75 Å². The number of nitrogens with zero attached hydrogens (tertiary/aromatic N) is 2. The fraction of sp³-hybridized carbons (Fsp3) is 0.308. The maximum Gasteiger partial charge on any atom is 0.264 e. The number of hydrogen-bond acceptors (Lipinski definition) is 4. The third-order valence-electron chi connectivity index (χ3n) is 6.04. The highest BCUT2D eigenvalue weighted by molar-refractivity contribution is 7.92. The van der Waals surface area contributed by atoms with E-state index in [1.54, 1.807) is 35.7 Å². The molecule has 0 amide bonds. The minimum Gasteiger partial charge on any atom is -0.497 e. The standard InChI is InChI=1S/C26H30N2O3S/c1-21-8-12-23(13-9-21)28(32(29,30)26-6-4-3-5-7-26)24-16-18-27(19-17-24)20-22-10-14-25(31-2)15-11-22/h3-15,24H,16-20H2,1-2H3. The van der Waals surface area contributed by atoms with Gasteiger partial charge in [0.15, 0.2) is 0 Å². The van der Waals surface area contributed by atoms with Gasteiger partial charge >= 0.3 is 0 Å². The molecule has 168 valence electrons. The van der Waals surface area contributed by atoms with Crippen molar-refractivity contribution in [1.82, 2.24) is 4.90 Å². The first-order valence-electron chi connectivity index (χ1n) is 11.0. The van der Waals surface area contributed by atoms with Crippen molar-refractivity contribution in [1.29, 1.82) is 0 Å². The highest BCUT2D eigenvalue weighted by atomic mass is 32.2. The summed E-state index contributed by atoms with van der Waals surface area (Å²) in [7, 11) is -1.98. The van der Waals surface area contributed by atoms with Crippen molar-refractivity contribution < 1.29 is 13.2 Å². The number of benzene rings is 3. The molecule has 1 aliphatic rings. The maximum atomic E-state index is 13.7. The number of rotatable bonds is 7. The Morgan fingerprint density at radius 2 is 1.53 bits per heavy atom. The number of hydrogen-bond donors (Lipinski definition) is 0. The third kappa shape index (κ3) is 4.97. The van der Waals surface area contributed by atoms with Gasteiger partial charge in [-0.05, 0) is 61.7 Å². The molecule has 0 radical (unpaired) electrons. The quantitative estimate of drug-likeness (QED) is 0.516. The molecule has 0 unspecified atom stereocenters. The van der Waals surface area contributed by atoms with Gasteiger partial charge in [0.1, 0.15) is 5.75 Å². The van der Waals surface area contributed by atoms with Crippen LogP contribution >= 0.6 is 0 Å². The van der Waals surface area contributed by atoms with Gasteiger partial charge in [0, 0.05) is 25.7 Å². The summed E-state index contributed by atoms with van der Waals surface area (Å²) >= 11 is 0. The fourth-order valence-electron chi connectivity index (χ4n) is 4.24. The van der Waals surface area contributed by atoms with Gasteiger partial charge in [0.05, 0.1) is 17.7 Å². The van der Waals surface area contributed by atoms with E-state index in [9.17, 15) is 8.42 Å². The molecule has 0 saturated carbocycles. The van der Waals surface area contributed by atoms with Crippen LogP contribution in [0.4, 0.5) is 5.69 Å². The molecule has 5 nitrogen and oxygen atoms in total. The van der Waals surface area contributed by atoms with Gasteiger partial charge in [0.2, 0.25) is 0 Å². The van der Waals surface area contributed by atoms with E-state index in [1.807, 2.05) is 49.4 Å². The molecule has 1 saturated heterocycles.